The fraction of sp³-hybridized carbons (Fsp3) is 0.250. The number of hydrogen-bond acceptors (Lipinski definition) is 3. The van der Waals surface area contributed by atoms with Gasteiger partial charge in [-0.15, -0.1) is 0 Å². The summed E-state index contributed by atoms with van der Waals surface area (Å²) in [5.74, 6) is -0.0506. The van der Waals surface area contributed by atoms with E-state index in [2.05, 4.69) is 29.5 Å². The Morgan fingerprint density at radius 1 is 1.33 bits per heavy atom. The normalized spacial score (nSPS) is 10.9. The highest BCUT2D eigenvalue weighted by atomic mass is 32.1. The lowest BCUT2D eigenvalue weighted by Crippen LogP contribution is -2.22. The van der Waals surface area contributed by atoms with E-state index in [0.29, 0.717) is 12.1 Å². The number of carbonyl (C=O) groups is 1. The van der Waals surface area contributed by atoms with Gasteiger partial charge in [0, 0.05) is 22.9 Å². The van der Waals surface area contributed by atoms with Gasteiger partial charge in [0.05, 0.1) is 17.8 Å². The summed E-state index contributed by atoms with van der Waals surface area (Å²) in [5, 5.41) is 12.4. The highest BCUT2D eigenvalue weighted by Crippen LogP contribution is 2.18. The third-order valence-corrected chi connectivity index (χ3v) is 4.05. The van der Waals surface area contributed by atoms with Gasteiger partial charge in [-0.3, -0.25) is 9.48 Å². The molecule has 2 heterocycles. The molecule has 0 radical (unpaired) electrons. The Morgan fingerprint density at radius 2 is 2.19 bits per heavy atom. The van der Waals surface area contributed by atoms with Crippen LogP contribution in [-0.2, 0) is 13.1 Å². The molecule has 3 rings (SSSR count). The maximum absolute atomic E-state index is 12.0. The van der Waals surface area contributed by atoms with Crippen LogP contribution in [0, 0.1) is 0 Å². The van der Waals surface area contributed by atoms with Crippen LogP contribution in [0.25, 0.3) is 10.9 Å². The molecule has 0 spiro atoms. The average molecular weight is 299 g/mol. The molecule has 0 aliphatic carbocycles. The molecule has 3 aromatic rings. The molecule has 0 aliphatic heterocycles. The third-order valence-electron chi connectivity index (χ3n) is 3.37. The summed E-state index contributed by atoms with van der Waals surface area (Å²) in [6.07, 6.45) is 1.03. The third kappa shape index (κ3) is 2.83. The molecule has 5 heteroatoms. The molecule has 0 saturated carbocycles. The van der Waals surface area contributed by atoms with Gasteiger partial charge >= 0.3 is 0 Å². The van der Waals surface area contributed by atoms with Gasteiger partial charge in [0.2, 0.25) is 0 Å². The Bertz CT molecular complexity index is 746. The first-order valence-electron chi connectivity index (χ1n) is 7.04. The number of para-hydroxylation sites is 1. The second kappa shape index (κ2) is 6.10. The van der Waals surface area contributed by atoms with Crippen molar-refractivity contribution in [3.63, 3.8) is 0 Å². The second-order valence-electron chi connectivity index (χ2n) is 4.88. The Kier molecular flexibility index (Phi) is 4.01. The van der Waals surface area contributed by atoms with E-state index >= 15 is 0 Å². The number of nitrogens with zero attached hydrogens (tertiary/aromatic N) is 2. The molecule has 2 aromatic heterocycles. The van der Waals surface area contributed by atoms with Crippen molar-refractivity contribution in [3.05, 3.63) is 52.3 Å². The number of thiophene rings is 1. The molecule has 0 atom stereocenters. The summed E-state index contributed by atoms with van der Waals surface area (Å²) in [6.45, 7) is 3.47. The summed E-state index contributed by atoms with van der Waals surface area (Å²) >= 11 is 1.52. The fourth-order valence-corrected chi connectivity index (χ4v) is 3.00. The zero-order valence-electron chi connectivity index (χ0n) is 11.9. The van der Waals surface area contributed by atoms with Gasteiger partial charge in [-0.2, -0.15) is 16.4 Å². The second-order valence-corrected chi connectivity index (χ2v) is 5.66. The van der Waals surface area contributed by atoms with Crippen LogP contribution in [0.2, 0.25) is 0 Å². The predicted molar refractivity (Wildman–Crippen MR) is 85.5 cm³/mol. The van der Waals surface area contributed by atoms with Gasteiger partial charge in [0.15, 0.2) is 0 Å². The zero-order chi connectivity index (χ0) is 14.7. The smallest absolute Gasteiger partial charge is 0.252 e. The molecule has 0 unspecified atom stereocenters. The minimum atomic E-state index is -0.0506. The van der Waals surface area contributed by atoms with E-state index in [-0.39, 0.29) is 5.91 Å². The number of nitrogens with one attached hydrogen (secondary N) is 1. The SMILES string of the molecule is CCCn1nc(CNC(=O)c2ccsc2)c2ccccc21. The molecule has 0 fully saturated rings. The first kappa shape index (κ1) is 13.8. The van der Waals surface area contributed by atoms with E-state index in [0.717, 1.165) is 29.6 Å². The largest absolute Gasteiger partial charge is 0.346 e. The van der Waals surface area contributed by atoms with Crippen molar-refractivity contribution < 1.29 is 4.79 Å². The summed E-state index contributed by atoms with van der Waals surface area (Å²) in [7, 11) is 0. The lowest BCUT2D eigenvalue weighted by Gasteiger charge is -2.01. The molecule has 0 saturated heterocycles. The fourth-order valence-electron chi connectivity index (χ4n) is 2.37. The molecule has 1 aromatic carbocycles. The quantitative estimate of drug-likeness (QED) is 0.784. The van der Waals surface area contributed by atoms with Crippen molar-refractivity contribution in [2.45, 2.75) is 26.4 Å². The topological polar surface area (TPSA) is 46.9 Å². The van der Waals surface area contributed by atoms with Gasteiger partial charge in [0.25, 0.3) is 5.91 Å². The lowest BCUT2D eigenvalue weighted by atomic mass is 10.2. The van der Waals surface area contributed by atoms with E-state index in [9.17, 15) is 4.79 Å². The van der Waals surface area contributed by atoms with Crippen LogP contribution in [-0.4, -0.2) is 15.7 Å². The van der Waals surface area contributed by atoms with Crippen LogP contribution in [0.15, 0.2) is 41.1 Å². The predicted octanol–water partition coefficient (Wildman–Crippen LogP) is 3.44. The van der Waals surface area contributed by atoms with Crippen molar-refractivity contribution >= 4 is 28.1 Å². The Hall–Kier alpha value is -2.14. The van der Waals surface area contributed by atoms with E-state index < -0.39 is 0 Å². The highest BCUT2D eigenvalue weighted by Gasteiger charge is 2.11. The summed E-state index contributed by atoms with van der Waals surface area (Å²) < 4.78 is 2.02. The van der Waals surface area contributed by atoms with Crippen LogP contribution >= 0.6 is 11.3 Å². The number of hydrogen-bond donors (Lipinski definition) is 1. The summed E-state index contributed by atoms with van der Waals surface area (Å²) in [4.78, 5) is 12.0. The molecule has 1 N–H and O–H groups in total. The average Bonchev–Trinajstić information content (AvgIpc) is 3.14. The number of aryl methyl sites for hydroxylation is 1. The van der Waals surface area contributed by atoms with Crippen LogP contribution in [0.4, 0.5) is 0 Å². The standard InChI is InChI=1S/C16H17N3OS/c1-2-8-19-15-6-4-3-5-13(15)14(18-19)10-17-16(20)12-7-9-21-11-12/h3-7,9,11H,2,8,10H2,1H3,(H,17,20). The first-order valence-corrected chi connectivity index (χ1v) is 7.98. The number of benzene rings is 1. The number of fused-ring (bicyclic) bond motifs is 1. The van der Waals surface area contributed by atoms with Crippen LogP contribution in [0.3, 0.4) is 0 Å². The monoisotopic (exact) mass is 299 g/mol. The molecule has 21 heavy (non-hydrogen) atoms. The summed E-state index contributed by atoms with van der Waals surface area (Å²) in [6, 6.07) is 9.98. The van der Waals surface area contributed by atoms with Gasteiger partial charge in [-0.25, -0.2) is 0 Å². The molecule has 0 aliphatic rings. The van der Waals surface area contributed by atoms with Crippen LogP contribution in [0.5, 0.6) is 0 Å². The van der Waals surface area contributed by atoms with Crippen molar-refractivity contribution in [2.24, 2.45) is 0 Å². The Balaban J connectivity index is 1.82. The summed E-state index contributed by atoms with van der Waals surface area (Å²) in [5.41, 5.74) is 2.75. The zero-order valence-corrected chi connectivity index (χ0v) is 12.7. The number of aromatic nitrogens is 2. The van der Waals surface area contributed by atoms with Crippen molar-refractivity contribution in [1.29, 1.82) is 0 Å². The molecular formula is C16H17N3OS. The first-order chi connectivity index (χ1) is 10.3. The van der Waals surface area contributed by atoms with E-state index in [4.69, 9.17) is 0 Å². The van der Waals surface area contributed by atoms with Gasteiger partial charge in [0.1, 0.15) is 0 Å². The van der Waals surface area contributed by atoms with Crippen molar-refractivity contribution in [2.75, 3.05) is 0 Å². The molecule has 108 valence electrons. The molecule has 0 bridgehead atoms. The molecule has 1 amide bonds. The van der Waals surface area contributed by atoms with E-state index in [1.807, 2.05) is 33.6 Å². The number of carbonyl (C=O) groups excluding carboxylic acids is 1. The highest BCUT2D eigenvalue weighted by molar-refractivity contribution is 7.08. The minimum absolute atomic E-state index is 0.0506. The minimum Gasteiger partial charge on any atom is -0.346 e. The molecule has 4 nitrogen and oxygen atoms in total. The lowest BCUT2D eigenvalue weighted by molar-refractivity contribution is 0.0951. The maximum atomic E-state index is 12.0. The van der Waals surface area contributed by atoms with Crippen molar-refractivity contribution in [1.82, 2.24) is 15.1 Å². The number of amides is 1. The maximum Gasteiger partial charge on any atom is 0.252 e. The Labute approximate surface area is 127 Å². The van der Waals surface area contributed by atoms with Crippen LogP contribution in [0.1, 0.15) is 29.4 Å². The van der Waals surface area contributed by atoms with E-state index in [1.54, 1.807) is 0 Å². The van der Waals surface area contributed by atoms with Gasteiger partial charge in [-0.05, 0) is 23.9 Å². The van der Waals surface area contributed by atoms with E-state index in [1.165, 1.54) is 11.3 Å². The Morgan fingerprint density at radius 3 is 2.95 bits per heavy atom. The number of rotatable bonds is 5. The van der Waals surface area contributed by atoms with Crippen molar-refractivity contribution in [3.8, 4) is 0 Å². The van der Waals surface area contributed by atoms with Gasteiger partial charge in [-0.1, -0.05) is 25.1 Å². The van der Waals surface area contributed by atoms with Gasteiger partial charge < -0.3 is 5.32 Å². The molecular weight excluding hydrogens is 282 g/mol. The van der Waals surface area contributed by atoms with Crippen LogP contribution < -0.4 is 5.32 Å².